The van der Waals surface area contributed by atoms with E-state index in [-0.39, 0.29) is 28.8 Å². The molecule has 3 aromatic rings. The van der Waals surface area contributed by atoms with Crippen molar-refractivity contribution < 1.29 is 13.2 Å². The zero-order valence-electron chi connectivity index (χ0n) is 15.9. The molecule has 0 aliphatic heterocycles. The standard InChI is InChI=1S/C20H15ClN6O3S/c21-15-6-8-16(9-7-15)31(29,30)27(12-14-4-2-1-3-5-14)13-19(28)26-20-24-17(10-22)18(11-23)25-20/h1-9H,12-13H2,(H2,24,25,26,28). The van der Waals surface area contributed by atoms with Gasteiger partial charge in [0.1, 0.15) is 12.1 Å². The van der Waals surface area contributed by atoms with Crippen LogP contribution in [0.1, 0.15) is 17.0 Å². The van der Waals surface area contributed by atoms with Crippen LogP contribution in [0.2, 0.25) is 5.02 Å². The van der Waals surface area contributed by atoms with Crippen molar-refractivity contribution in [1.82, 2.24) is 14.3 Å². The second-order valence-electron chi connectivity index (χ2n) is 6.29. The lowest BCUT2D eigenvalue weighted by Crippen LogP contribution is -2.37. The SMILES string of the molecule is N#Cc1nc(NC(=O)CN(Cc2ccccc2)S(=O)(=O)c2ccc(Cl)cc2)[nH]c1C#N. The van der Waals surface area contributed by atoms with E-state index in [1.165, 1.54) is 24.3 Å². The second kappa shape index (κ2) is 9.41. The molecule has 156 valence electrons. The molecule has 3 rings (SSSR count). The molecular weight excluding hydrogens is 440 g/mol. The van der Waals surface area contributed by atoms with E-state index in [2.05, 4.69) is 15.3 Å². The lowest BCUT2D eigenvalue weighted by molar-refractivity contribution is -0.116. The third-order valence-electron chi connectivity index (χ3n) is 4.15. The van der Waals surface area contributed by atoms with Crippen molar-refractivity contribution in [2.75, 3.05) is 11.9 Å². The molecule has 0 saturated heterocycles. The van der Waals surface area contributed by atoms with Crippen molar-refractivity contribution in [1.29, 1.82) is 10.5 Å². The summed E-state index contributed by atoms with van der Waals surface area (Å²) in [5.41, 5.74) is 0.407. The Morgan fingerprint density at radius 1 is 1.10 bits per heavy atom. The maximum absolute atomic E-state index is 13.2. The summed E-state index contributed by atoms with van der Waals surface area (Å²) in [6, 6.07) is 17.9. The first kappa shape index (κ1) is 22.0. The Kier molecular flexibility index (Phi) is 6.68. The zero-order chi connectivity index (χ0) is 22.4. The van der Waals surface area contributed by atoms with Gasteiger partial charge in [-0.05, 0) is 29.8 Å². The van der Waals surface area contributed by atoms with Crippen LogP contribution >= 0.6 is 11.6 Å². The van der Waals surface area contributed by atoms with Crippen molar-refractivity contribution >= 4 is 33.5 Å². The average Bonchev–Trinajstić information content (AvgIpc) is 3.16. The molecule has 0 aliphatic rings. The maximum atomic E-state index is 13.2. The van der Waals surface area contributed by atoms with E-state index < -0.39 is 22.5 Å². The number of nitriles is 2. The molecule has 0 fully saturated rings. The number of amides is 1. The summed E-state index contributed by atoms with van der Waals surface area (Å²) in [5, 5.41) is 20.7. The van der Waals surface area contributed by atoms with E-state index >= 15 is 0 Å². The topological polar surface area (TPSA) is 143 Å². The van der Waals surface area contributed by atoms with Crippen molar-refractivity contribution in [3.63, 3.8) is 0 Å². The van der Waals surface area contributed by atoms with Crippen LogP contribution in [0.15, 0.2) is 59.5 Å². The predicted octanol–water partition coefficient (Wildman–Crippen LogP) is 2.64. The second-order valence-corrected chi connectivity index (χ2v) is 8.67. The minimum Gasteiger partial charge on any atom is -0.314 e. The van der Waals surface area contributed by atoms with Crippen molar-refractivity contribution in [3.05, 3.63) is 76.6 Å². The summed E-state index contributed by atoms with van der Waals surface area (Å²) in [6.07, 6.45) is 0. The first-order valence-corrected chi connectivity index (χ1v) is 10.6. The van der Waals surface area contributed by atoms with Gasteiger partial charge in [-0.1, -0.05) is 41.9 Å². The monoisotopic (exact) mass is 454 g/mol. The van der Waals surface area contributed by atoms with Crippen LogP contribution in [0.5, 0.6) is 0 Å². The minimum absolute atomic E-state index is 0.0165. The number of imidazole rings is 1. The molecule has 9 nitrogen and oxygen atoms in total. The molecule has 1 aromatic heterocycles. The number of hydrogen-bond donors (Lipinski definition) is 2. The highest BCUT2D eigenvalue weighted by Crippen LogP contribution is 2.21. The summed E-state index contributed by atoms with van der Waals surface area (Å²) in [6.45, 7) is -0.575. The molecule has 0 aliphatic carbocycles. The Morgan fingerprint density at radius 2 is 1.77 bits per heavy atom. The number of nitrogens with zero attached hydrogens (tertiary/aromatic N) is 4. The van der Waals surface area contributed by atoms with Crippen LogP contribution < -0.4 is 5.32 Å². The number of nitrogens with one attached hydrogen (secondary N) is 2. The summed E-state index contributed by atoms with van der Waals surface area (Å²) in [5.74, 6) is -0.821. The van der Waals surface area contributed by atoms with Gasteiger partial charge in [-0.3, -0.25) is 10.1 Å². The van der Waals surface area contributed by atoms with E-state index in [4.69, 9.17) is 22.1 Å². The first-order chi connectivity index (χ1) is 14.8. The van der Waals surface area contributed by atoms with Gasteiger partial charge in [0.15, 0.2) is 11.4 Å². The number of halogens is 1. The highest BCUT2D eigenvalue weighted by atomic mass is 35.5. The number of rotatable bonds is 7. The summed E-state index contributed by atoms with van der Waals surface area (Å²) < 4.78 is 27.4. The largest absolute Gasteiger partial charge is 0.314 e. The average molecular weight is 455 g/mol. The molecular formula is C20H15ClN6O3S. The van der Waals surface area contributed by atoms with Gasteiger partial charge in [-0.25, -0.2) is 13.4 Å². The highest BCUT2D eigenvalue weighted by molar-refractivity contribution is 7.89. The fourth-order valence-corrected chi connectivity index (χ4v) is 4.20. The Hall–Kier alpha value is -3.70. The minimum atomic E-state index is -4.04. The summed E-state index contributed by atoms with van der Waals surface area (Å²) >= 11 is 5.86. The molecule has 0 spiro atoms. The number of aromatic amines is 1. The number of anilines is 1. The molecule has 2 aromatic carbocycles. The molecule has 0 saturated carbocycles. The Morgan fingerprint density at radius 3 is 2.35 bits per heavy atom. The van der Waals surface area contributed by atoms with E-state index in [9.17, 15) is 13.2 Å². The lowest BCUT2D eigenvalue weighted by Gasteiger charge is -2.22. The van der Waals surface area contributed by atoms with Crippen molar-refractivity contribution in [3.8, 4) is 12.1 Å². The number of H-pyrrole nitrogens is 1. The fraction of sp³-hybridized carbons (Fsp3) is 0.100. The van der Waals surface area contributed by atoms with E-state index in [1.807, 2.05) is 0 Å². The molecule has 1 heterocycles. The van der Waals surface area contributed by atoms with Gasteiger partial charge >= 0.3 is 0 Å². The number of carbonyl (C=O) groups excluding carboxylic acids is 1. The van der Waals surface area contributed by atoms with Crippen LogP contribution in [0.25, 0.3) is 0 Å². The molecule has 1 amide bonds. The molecule has 0 atom stereocenters. The molecule has 0 radical (unpaired) electrons. The molecule has 31 heavy (non-hydrogen) atoms. The van der Waals surface area contributed by atoms with Crippen LogP contribution in [0, 0.1) is 22.7 Å². The molecule has 0 unspecified atom stereocenters. The fourth-order valence-electron chi connectivity index (χ4n) is 2.69. The predicted molar refractivity (Wildman–Crippen MR) is 112 cm³/mol. The zero-order valence-corrected chi connectivity index (χ0v) is 17.5. The van der Waals surface area contributed by atoms with Gasteiger partial charge in [0, 0.05) is 11.6 Å². The Balaban J connectivity index is 1.87. The van der Waals surface area contributed by atoms with Gasteiger partial charge in [0.2, 0.25) is 21.9 Å². The normalized spacial score (nSPS) is 11.0. The quantitative estimate of drug-likeness (QED) is 0.561. The van der Waals surface area contributed by atoms with Crippen molar-refractivity contribution in [2.45, 2.75) is 11.4 Å². The van der Waals surface area contributed by atoms with E-state index in [0.717, 1.165) is 4.31 Å². The Bertz CT molecular complexity index is 1240. The molecule has 11 heteroatoms. The van der Waals surface area contributed by atoms with Crippen LogP contribution in [0.4, 0.5) is 5.95 Å². The van der Waals surface area contributed by atoms with Gasteiger partial charge in [0.05, 0.1) is 11.4 Å². The number of aromatic nitrogens is 2. The van der Waals surface area contributed by atoms with E-state index in [0.29, 0.717) is 10.6 Å². The number of benzene rings is 2. The molecule has 0 bridgehead atoms. The highest BCUT2D eigenvalue weighted by Gasteiger charge is 2.27. The molecule has 2 N–H and O–H groups in total. The third kappa shape index (κ3) is 5.27. The van der Waals surface area contributed by atoms with Gasteiger partial charge in [0.25, 0.3) is 0 Å². The van der Waals surface area contributed by atoms with Crippen LogP contribution in [-0.4, -0.2) is 35.1 Å². The first-order valence-electron chi connectivity index (χ1n) is 8.83. The van der Waals surface area contributed by atoms with Crippen LogP contribution in [0.3, 0.4) is 0 Å². The van der Waals surface area contributed by atoms with Crippen LogP contribution in [-0.2, 0) is 21.4 Å². The lowest BCUT2D eigenvalue weighted by atomic mass is 10.2. The number of carbonyl (C=O) groups is 1. The number of sulfonamides is 1. The van der Waals surface area contributed by atoms with Crippen molar-refractivity contribution in [2.24, 2.45) is 0 Å². The Labute approximate surface area is 183 Å². The summed E-state index contributed by atoms with van der Waals surface area (Å²) in [4.78, 5) is 18.9. The third-order valence-corrected chi connectivity index (χ3v) is 6.21. The van der Waals surface area contributed by atoms with Gasteiger partial charge in [-0.2, -0.15) is 14.8 Å². The maximum Gasteiger partial charge on any atom is 0.243 e. The number of hydrogen-bond acceptors (Lipinski definition) is 6. The van der Waals surface area contributed by atoms with Gasteiger partial charge in [-0.15, -0.1) is 0 Å². The smallest absolute Gasteiger partial charge is 0.243 e. The van der Waals surface area contributed by atoms with Gasteiger partial charge < -0.3 is 4.98 Å². The van der Waals surface area contributed by atoms with E-state index in [1.54, 1.807) is 42.5 Å². The summed E-state index contributed by atoms with van der Waals surface area (Å²) in [7, 11) is -4.04.